The lowest BCUT2D eigenvalue weighted by Gasteiger charge is -2.07. The van der Waals surface area contributed by atoms with Gasteiger partial charge in [-0.1, -0.05) is 6.92 Å². The van der Waals surface area contributed by atoms with E-state index in [9.17, 15) is 9.59 Å². The standard InChI is InChI=1S/C5H8NO3/c1-2-3-6(9)5(8)4-7/h9H,2-3H2,1H3. The van der Waals surface area contributed by atoms with Crippen LogP contribution in [0.15, 0.2) is 0 Å². The first-order valence-electron chi connectivity index (χ1n) is 2.61. The van der Waals surface area contributed by atoms with Gasteiger partial charge in [-0.2, -0.15) is 0 Å². The number of amides is 1. The molecule has 0 aliphatic rings. The zero-order valence-electron chi connectivity index (χ0n) is 5.13. The third-order valence-corrected chi connectivity index (χ3v) is 0.757. The van der Waals surface area contributed by atoms with Crippen LogP contribution >= 0.6 is 0 Å². The van der Waals surface area contributed by atoms with E-state index in [-0.39, 0.29) is 6.54 Å². The summed E-state index contributed by atoms with van der Waals surface area (Å²) < 4.78 is 0. The van der Waals surface area contributed by atoms with E-state index in [4.69, 9.17) is 5.21 Å². The largest absolute Gasteiger partial charge is 0.322 e. The van der Waals surface area contributed by atoms with Gasteiger partial charge in [0, 0.05) is 6.54 Å². The third kappa shape index (κ3) is 2.81. The molecule has 0 fully saturated rings. The van der Waals surface area contributed by atoms with Gasteiger partial charge < -0.3 is 0 Å². The molecule has 0 spiro atoms. The smallest absolute Gasteiger partial charge is 0.286 e. The van der Waals surface area contributed by atoms with Gasteiger partial charge in [0.1, 0.15) is 0 Å². The van der Waals surface area contributed by atoms with Gasteiger partial charge in [-0.15, -0.1) is 0 Å². The first-order valence-corrected chi connectivity index (χ1v) is 2.61. The molecule has 0 heterocycles. The molecular weight excluding hydrogens is 122 g/mol. The molecule has 0 saturated carbocycles. The topological polar surface area (TPSA) is 57.6 Å². The minimum Gasteiger partial charge on any atom is -0.286 e. The van der Waals surface area contributed by atoms with Crippen LogP contribution in [0, 0.1) is 0 Å². The highest BCUT2D eigenvalue weighted by Gasteiger charge is 2.07. The van der Waals surface area contributed by atoms with Crippen LogP contribution in [0.1, 0.15) is 13.3 Å². The molecule has 1 amide bonds. The summed E-state index contributed by atoms with van der Waals surface area (Å²) in [4.78, 5) is 19.7. The Bertz CT molecular complexity index is 113. The molecule has 0 aromatic rings. The molecule has 4 nitrogen and oxygen atoms in total. The van der Waals surface area contributed by atoms with Crippen molar-refractivity contribution in [2.24, 2.45) is 0 Å². The molecule has 9 heavy (non-hydrogen) atoms. The van der Waals surface area contributed by atoms with E-state index in [1.165, 1.54) is 0 Å². The molecule has 4 heteroatoms. The van der Waals surface area contributed by atoms with Gasteiger partial charge in [0.2, 0.25) is 0 Å². The summed E-state index contributed by atoms with van der Waals surface area (Å²) >= 11 is 0. The lowest BCUT2D eigenvalue weighted by atomic mass is 10.5. The number of nitrogens with zero attached hydrogens (tertiary/aromatic N) is 1. The van der Waals surface area contributed by atoms with E-state index in [0.29, 0.717) is 11.5 Å². The highest BCUT2D eigenvalue weighted by atomic mass is 16.5. The summed E-state index contributed by atoms with van der Waals surface area (Å²) in [6.07, 6.45) is 1.65. The average molecular weight is 130 g/mol. The van der Waals surface area contributed by atoms with Gasteiger partial charge in [-0.05, 0) is 6.42 Å². The van der Waals surface area contributed by atoms with Gasteiger partial charge in [-0.25, -0.2) is 5.06 Å². The maximum Gasteiger partial charge on any atom is 0.322 e. The molecule has 1 N–H and O–H groups in total. The summed E-state index contributed by atoms with van der Waals surface area (Å²) in [6, 6.07) is 0. The second-order valence-electron chi connectivity index (χ2n) is 1.53. The van der Waals surface area contributed by atoms with Gasteiger partial charge in [-0.3, -0.25) is 14.8 Å². The van der Waals surface area contributed by atoms with Crippen LogP contribution in [-0.2, 0) is 9.59 Å². The van der Waals surface area contributed by atoms with Crippen LogP contribution in [0.3, 0.4) is 0 Å². The fourth-order valence-electron chi connectivity index (χ4n) is 0.366. The van der Waals surface area contributed by atoms with Crippen molar-refractivity contribution in [3.8, 4) is 0 Å². The summed E-state index contributed by atoms with van der Waals surface area (Å²) in [5.41, 5.74) is 0. The quantitative estimate of drug-likeness (QED) is 0.325. The van der Waals surface area contributed by atoms with Gasteiger partial charge in [0.05, 0.1) is 0 Å². The highest BCUT2D eigenvalue weighted by molar-refractivity contribution is 6.23. The first kappa shape index (κ1) is 8.10. The van der Waals surface area contributed by atoms with Crippen LogP contribution in [0.5, 0.6) is 0 Å². The van der Waals surface area contributed by atoms with Crippen molar-refractivity contribution in [1.29, 1.82) is 0 Å². The predicted molar refractivity (Wildman–Crippen MR) is 29.5 cm³/mol. The molecule has 0 unspecified atom stereocenters. The van der Waals surface area contributed by atoms with E-state index in [1.54, 1.807) is 6.92 Å². The molecule has 51 valence electrons. The minimum atomic E-state index is -1.02. The minimum absolute atomic E-state index is 0.175. The number of hydrogen-bond donors (Lipinski definition) is 1. The number of carbonyl (C=O) groups excluding carboxylic acids is 2. The Morgan fingerprint density at radius 1 is 1.78 bits per heavy atom. The fraction of sp³-hybridized carbons (Fsp3) is 0.600. The van der Waals surface area contributed by atoms with Crippen molar-refractivity contribution < 1.29 is 14.8 Å². The normalized spacial score (nSPS) is 8.67. The van der Waals surface area contributed by atoms with Crippen LogP contribution in [0.4, 0.5) is 0 Å². The second kappa shape index (κ2) is 4.03. The summed E-state index contributed by atoms with van der Waals surface area (Å²) in [6.45, 7) is 1.95. The molecule has 0 aliphatic carbocycles. The second-order valence-corrected chi connectivity index (χ2v) is 1.53. The number of hydrogen-bond acceptors (Lipinski definition) is 3. The first-order chi connectivity index (χ1) is 4.22. The molecule has 0 bridgehead atoms. The molecule has 1 radical (unpaired) electrons. The Morgan fingerprint density at radius 2 is 2.33 bits per heavy atom. The van der Waals surface area contributed by atoms with Crippen molar-refractivity contribution in [2.75, 3.05) is 6.54 Å². The van der Waals surface area contributed by atoms with E-state index in [0.717, 1.165) is 6.29 Å². The zero-order valence-corrected chi connectivity index (χ0v) is 5.13. The van der Waals surface area contributed by atoms with Gasteiger partial charge in [0.15, 0.2) is 0 Å². The molecule has 0 aromatic heterocycles. The zero-order chi connectivity index (χ0) is 7.28. The van der Waals surface area contributed by atoms with Crippen molar-refractivity contribution in [2.45, 2.75) is 13.3 Å². The van der Waals surface area contributed by atoms with Gasteiger partial charge >= 0.3 is 5.91 Å². The molecule has 0 saturated heterocycles. The Labute approximate surface area is 53.0 Å². The van der Waals surface area contributed by atoms with Crippen LogP contribution < -0.4 is 0 Å². The predicted octanol–water partition coefficient (Wildman–Crippen LogP) is -0.276. The van der Waals surface area contributed by atoms with Crippen LogP contribution in [0.2, 0.25) is 0 Å². The molecule has 0 atom stereocenters. The Balaban J connectivity index is 3.58. The monoisotopic (exact) mass is 130 g/mol. The van der Waals surface area contributed by atoms with Crippen molar-refractivity contribution in [1.82, 2.24) is 5.06 Å². The van der Waals surface area contributed by atoms with E-state index >= 15 is 0 Å². The van der Waals surface area contributed by atoms with E-state index < -0.39 is 5.91 Å². The van der Waals surface area contributed by atoms with Crippen LogP contribution in [0.25, 0.3) is 0 Å². The molecule has 0 aromatic carbocycles. The molecule has 0 rings (SSSR count). The highest BCUT2D eigenvalue weighted by Crippen LogP contribution is 1.83. The van der Waals surface area contributed by atoms with Crippen molar-refractivity contribution >= 4 is 12.2 Å². The summed E-state index contributed by atoms with van der Waals surface area (Å²) in [5.74, 6) is -1.02. The van der Waals surface area contributed by atoms with E-state index in [1.807, 2.05) is 0 Å². The lowest BCUT2D eigenvalue weighted by Crippen LogP contribution is -2.28. The average Bonchev–Trinajstić information content (AvgIpc) is 1.87. The third-order valence-electron chi connectivity index (χ3n) is 0.757. The van der Waals surface area contributed by atoms with Crippen molar-refractivity contribution in [3.05, 3.63) is 0 Å². The lowest BCUT2D eigenvalue weighted by molar-refractivity contribution is -0.156. The van der Waals surface area contributed by atoms with Gasteiger partial charge in [0.25, 0.3) is 6.29 Å². The number of hydroxylamine groups is 2. The molecule has 0 aliphatic heterocycles. The maximum absolute atomic E-state index is 10.2. The van der Waals surface area contributed by atoms with Crippen LogP contribution in [-0.4, -0.2) is 29.0 Å². The Hall–Kier alpha value is -0.900. The Morgan fingerprint density at radius 3 is 2.67 bits per heavy atom. The number of rotatable bonds is 3. The summed E-state index contributed by atoms with van der Waals surface area (Å²) in [7, 11) is 0. The van der Waals surface area contributed by atoms with E-state index in [2.05, 4.69) is 0 Å². The van der Waals surface area contributed by atoms with Crippen molar-refractivity contribution in [3.63, 3.8) is 0 Å². The molecular formula is C5H8NO3. The summed E-state index contributed by atoms with van der Waals surface area (Å²) in [5, 5.41) is 8.88. The number of carbonyl (C=O) groups is 1. The SMILES string of the molecule is CCCN(O)C(=O)[C]=O. The Kier molecular flexibility index (Phi) is 3.62. The maximum atomic E-state index is 10.2. The fourth-order valence-corrected chi connectivity index (χ4v) is 0.366.